The summed E-state index contributed by atoms with van der Waals surface area (Å²) in [6.07, 6.45) is 3.53. The van der Waals surface area contributed by atoms with Crippen molar-refractivity contribution in [2.45, 2.75) is 30.3 Å². The SMILES string of the molecule is Cc1cc(S(=O)C(F)(F)F)ccc1-c1cnc(NCc2c(F)ccc3c2CCO3)n2cc(C#N)nc12. The van der Waals surface area contributed by atoms with E-state index in [1.54, 1.807) is 13.0 Å². The van der Waals surface area contributed by atoms with Crippen LogP contribution < -0.4 is 10.1 Å². The molecule has 0 aliphatic carbocycles. The van der Waals surface area contributed by atoms with Gasteiger partial charge in [-0.2, -0.15) is 18.4 Å². The number of aromatic nitrogens is 3. The molecule has 0 radical (unpaired) electrons. The Labute approximate surface area is 204 Å². The van der Waals surface area contributed by atoms with E-state index in [1.807, 2.05) is 6.07 Å². The first-order valence-corrected chi connectivity index (χ1v) is 11.9. The summed E-state index contributed by atoms with van der Waals surface area (Å²) in [7, 11) is -3.16. The van der Waals surface area contributed by atoms with Gasteiger partial charge in [-0.05, 0) is 42.3 Å². The molecule has 0 bridgehead atoms. The molecule has 0 fully saturated rings. The average Bonchev–Trinajstić information content (AvgIpc) is 3.50. The van der Waals surface area contributed by atoms with Crippen LogP contribution in [0.25, 0.3) is 16.8 Å². The molecular weight excluding hydrogens is 498 g/mol. The molecule has 184 valence electrons. The van der Waals surface area contributed by atoms with E-state index in [1.165, 1.54) is 35.0 Å². The second-order valence-electron chi connectivity index (χ2n) is 8.07. The second-order valence-corrected chi connectivity index (χ2v) is 9.54. The lowest BCUT2D eigenvalue weighted by Gasteiger charge is -2.14. The smallest absolute Gasteiger partial charge is 0.475 e. The van der Waals surface area contributed by atoms with Gasteiger partial charge in [-0.15, -0.1) is 0 Å². The van der Waals surface area contributed by atoms with E-state index in [4.69, 9.17) is 4.74 Å². The van der Waals surface area contributed by atoms with Crippen molar-refractivity contribution in [2.75, 3.05) is 11.9 Å². The Balaban J connectivity index is 1.53. The van der Waals surface area contributed by atoms with Crippen molar-refractivity contribution >= 4 is 22.4 Å². The molecule has 5 rings (SSSR count). The molecule has 12 heteroatoms. The van der Waals surface area contributed by atoms with Gasteiger partial charge in [0.15, 0.2) is 22.1 Å². The quantitative estimate of drug-likeness (QED) is 0.381. The molecular formula is C24H17F4N5O2S. The predicted molar refractivity (Wildman–Crippen MR) is 123 cm³/mol. The summed E-state index contributed by atoms with van der Waals surface area (Å²) in [5.74, 6) is 0.558. The Morgan fingerprint density at radius 2 is 2.06 bits per heavy atom. The summed E-state index contributed by atoms with van der Waals surface area (Å²) in [6.45, 7) is 2.17. The third-order valence-corrected chi connectivity index (χ3v) is 6.98. The normalized spacial score (nSPS) is 13.8. The third-order valence-electron chi connectivity index (χ3n) is 5.88. The number of nitriles is 1. The standard InChI is InChI=1S/C24H17F4N5O2S/c1-13-8-15(36(34)24(26,27)28)2-3-16(13)19-11-31-23(33-12-14(9-29)32-22(19)33)30-10-18-17-6-7-35-21(17)5-4-20(18)25/h2-5,8,11-12H,6-7,10H2,1H3,(H,30,31). The summed E-state index contributed by atoms with van der Waals surface area (Å²) >= 11 is 0. The summed E-state index contributed by atoms with van der Waals surface area (Å²) in [6, 6.07) is 8.67. The maximum Gasteiger partial charge on any atom is 0.475 e. The minimum atomic E-state index is -4.87. The lowest BCUT2D eigenvalue weighted by Crippen LogP contribution is -2.16. The number of alkyl halides is 3. The van der Waals surface area contributed by atoms with E-state index in [0.29, 0.717) is 52.6 Å². The van der Waals surface area contributed by atoms with Gasteiger partial charge >= 0.3 is 5.51 Å². The first-order chi connectivity index (χ1) is 17.2. The monoisotopic (exact) mass is 515 g/mol. The Kier molecular flexibility index (Phi) is 5.88. The molecule has 1 N–H and O–H groups in total. The van der Waals surface area contributed by atoms with Crippen LogP contribution in [0.5, 0.6) is 5.75 Å². The highest BCUT2D eigenvalue weighted by atomic mass is 32.2. The van der Waals surface area contributed by atoms with Crippen LogP contribution in [0.4, 0.5) is 23.5 Å². The molecule has 1 aliphatic rings. The molecule has 0 saturated heterocycles. The molecule has 0 spiro atoms. The number of rotatable bonds is 5. The Hall–Kier alpha value is -3.98. The number of imidazole rings is 1. The lowest BCUT2D eigenvalue weighted by molar-refractivity contribution is -0.0384. The van der Waals surface area contributed by atoms with E-state index >= 15 is 0 Å². The van der Waals surface area contributed by atoms with Crippen LogP contribution in [0.3, 0.4) is 0 Å². The van der Waals surface area contributed by atoms with E-state index in [-0.39, 0.29) is 23.0 Å². The van der Waals surface area contributed by atoms with Crippen LogP contribution in [0, 0.1) is 24.1 Å². The zero-order chi connectivity index (χ0) is 25.6. The number of aryl methyl sites for hydroxylation is 1. The predicted octanol–water partition coefficient (Wildman–Crippen LogP) is 4.89. The first-order valence-electron chi connectivity index (χ1n) is 10.7. The molecule has 1 aliphatic heterocycles. The molecule has 4 aromatic rings. The van der Waals surface area contributed by atoms with Gasteiger partial charge in [0.05, 0.1) is 12.8 Å². The van der Waals surface area contributed by atoms with E-state index in [0.717, 1.165) is 11.6 Å². The molecule has 1 atom stereocenters. The lowest BCUT2D eigenvalue weighted by atomic mass is 10.0. The topological polar surface area (TPSA) is 92.3 Å². The molecule has 0 saturated carbocycles. The summed E-state index contributed by atoms with van der Waals surface area (Å²) in [5.41, 5.74) is -1.80. The zero-order valence-electron chi connectivity index (χ0n) is 18.7. The number of fused-ring (bicyclic) bond motifs is 2. The van der Waals surface area contributed by atoms with E-state index in [9.17, 15) is 27.0 Å². The van der Waals surface area contributed by atoms with Crippen molar-refractivity contribution in [2.24, 2.45) is 0 Å². The molecule has 7 nitrogen and oxygen atoms in total. The number of nitrogens with zero attached hydrogens (tertiary/aromatic N) is 4. The van der Waals surface area contributed by atoms with Crippen molar-refractivity contribution in [3.63, 3.8) is 0 Å². The number of hydrogen-bond donors (Lipinski definition) is 1. The maximum absolute atomic E-state index is 14.5. The molecule has 3 heterocycles. The number of ether oxygens (including phenoxy) is 1. The van der Waals surface area contributed by atoms with Crippen LogP contribution in [-0.2, 0) is 23.8 Å². The van der Waals surface area contributed by atoms with Gasteiger partial charge in [0, 0.05) is 40.7 Å². The minimum absolute atomic E-state index is 0.0972. The van der Waals surface area contributed by atoms with Crippen LogP contribution in [0.1, 0.15) is 22.4 Å². The summed E-state index contributed by atoms with van der Waals surface area (Å²) < 4.78 is 72.0. The third kappa shape index (κ3) is 4.15. The zero-order valence-corrected chi connectivity index (χ0v) is 19.5. The number of hydrogen-bond acceptors (Lipinski definition) is 6. The fourth-order valence-corrected chi connectivity index (χ4v) is 4.96. The van der Waals surface area contributed by atoms with Crippen molar-refractivity contribution in [1.29, 1.82) is 5.26 Å². The summed E-state index contributed by atoms with van der Waals surface area (Å²) in [5, 5.41) is 12.5. The average molecular weight is 515 g/mol. The van der Waals surface area contributed by atoms with Crippen molar-refractivity contribution in [3.8, 4) is 22.9 Å². The number of halogens is 4. The molecule has 36 heavy (non-hydrogen) atoms. The van der Waals surface area contributed by atoms with Crippen molar-refractivity contribution in [3.05, 3.63) is 70.9 Å². The minimum Gasteiger partial charge on any atom is -0.493 e. The van der Waals surface area contributed by atoms with E-state index < -0.39 is 16.3 Å². The highest BCUT2D eigenvalue weighted by molar-refractivity contribution is 7.86. The van der Waals surface area contributed by atoms with Crippen LogP contribution in [0.2, 0.25) is 0 Å². The molecule has 2 aromatic heterocycles. The molecule has 0 amide bonds. The highest BCUT2D eigenvalue weighted by Gasteiger charge is 2.38. The van der Waals surface area contributed by atoms with Crippen LogP contribution in [0.15, 0.2) is 47.6 Å². The first kappa shape index (κ1) is 23.7. The van der Waals surface area contributed by atoms with Crippen LogP contribution >= 0.6 is 0 Å². The summed E-state index contributed by atoms with van der Waals surface area (Å²) in [4.78, 5) is 8.37. The fourth-order valence-electron chi connectivity index (χ4n) is 4.21. The van der Waals surface area contributed by atoms with Gasteiger partial charge in [0.1, 0.15) is 17.6 Å². The van der Waals surface area contributed by atoms with Gasteiger partial charge in [-0.1, -0.05) is 6.07 Å². The second kappa shape index (κ2) is 8.91. The largest absolute Gasteiger partial charge is 0.493 e. The van der Waals surface area contributed by atoms with Crippen molar-refractivity contribution in [1.82, 2.24) is 14.4 Å². The van der Waals surface area contributed by atoms with Gasteiger partial charge in [-0.3, -0.25) is 4.40 Å². The molecule has 1 unspecified atom stereocenters. The van der Waals surface area contributed by atoms with Crippen molar-refractivity contribution < 1.29 is 26.5 Å². The Bertz CT molecular complexity index is 1580. The number of anilines is 1. The van der Waals surface area contributed by atoms with Gasteiger partial charge in [0.25, 0.3) is 0 Å². The Morgan fingerprint density at radius 1 is 1.25 bits per heavy atom. The van der Waals surface area contributed by atoms with Crippen LogP contribution in [-0.4, -0.2) is 30.7 Å². The highest BCUT2D eigenvalue weighted by Crippen LogP contribution is 2.34. The maximum atomic E-state index is 14.5. The van der Waals surface area contributed by atoms with Gasteiger partial charge < -0.3 is 10.1 Å². The fraction of sp³-hybridized carbons (Fsp3) is 0.208. The Morgan fingerprint density at radius 3 is 2.78 bits per heavy atom. The molecule has 2 aromatic carbocycles. The van der Waals surface area contributed by atoms with Gasteiger partial charge in [-0.25, -0.2) is 18.6 Å². The van der Waals surface area contributed by atoms with E-state index in [2.05, 4.69) is 15.3 Å². The van der Waals surface area contributed by atoms with Gasteiger partial charge in [0.2, 0.25) is 5.95 Å². The number of nitrogens with one attached hydrogen (secondary N) is 1. The number of benzene rings is 2.